The first-order valence-electron chi connectivity index (χ1n) is 6.55. The molecular formula is C14H18Cl2N2O. The van der Waals surface area contributed by atoms with E-state index in [1.807, 2.05) is 6.92 Å². The highest BCUT2D eigenvalue weighted by Gasteiger charge is 2.22. The zero-order valence-corrected chi connectivity index (χ0v) is 12.4. The molecule has 1 amide bonds. The Bertz CT molecular complexity index is 459. The minimum absolute atomic E-state index is 0.121. The molecule has 2 N–H and O–H groups in total. The molecule has 1 aromatic rings. The molecule has 1 saturated heterocycles. The van der Waals surface area contributed by atoms with E-state index in [1.54, 1.807) is 18.2 Å². The topological polar surface area (TPSA) is 41.1 Å². The number of benzene rings is 1. The maximum Gasteiger partial charge on any atom is 0.253 e. The Morgan fingerprint density at radius 1 is 1.47 bits per heavy atom. The fourth-order valence-corrected chi connectivity index (χ4v) is 2.77. The minimum Gasteiger partial charge on any atom is -0.349 e. The van der Waals surface area contributed by atoms with Crippen molar-refractivity contribution in [2.75, 3.05) is 13.1 Å². The molecule has 1 fully saturated rings. The maximum atomic E-state index is 12.2. The molecule has 0 bridgehead atoms. The van der Waals surface area contributed by atoms with Crippen LogP contribution in [0.5, 0.6) is 0 Å². The summed E-state index contributed by atoms with van der Waals surface area (Å²) in [7, 11) is 0. The molecule has 1 aliphatic heterocycles. The van der Waals surface area contributed by atoms with Crippen LogP contribution in [0.4, 0.5) is 0 Å². The quantitative estimate of drug-likeness (QED) is 0.900. The number of amides is 1. The summed E-state index contributed by atoms with van der Waals surface area (Å²) in [6, 6.07) is 5.22. The van der Waals surface area contributed by atoms with Crippen LogP contribution in [0, 0.1) is 5.92 Å². The fourth-order valence-electron chi connectivity index (χ4n) is 2.39. The molecule has 0 aliphatic carbocycles. The zero-order valence-electron chi connectivity index (χ0n) is 10.9. The number of carbonyl (C=O) groups excluding carboxylic acids is 1. The summed E-state index contributed by atoms with van der Waals surface area (Å²) < 4.78 is 0. The molecule has 2 atom stereocenters. The van der Waals surface area contributed by atoms with Crippen molar-refractivity contribution < 1.29 is 4.79 Å². The molecule has 0 saturated carbocycles. The minimum atomic E-state index is -0.162. The van der Waals surface area contributed by atoms with Gasteiger partial charge in [0.05, 0.1) is 15.6 Å². The van der Waals surface area contributed by atoms with Gasteiger partial charge in [0.2, 0.25) is 0 Å². The second kappa shape index (κ2) is 6.60. The SMILES string of the molecule is CC(NC(=O)c1cccc(Cl)c1Cl)C1CCCNC1. The summed E-state index contributed by atoms with van der Waals surface area (Å²) in [5.41, 5.74) is 0.435. The summed E-state index contributed by atoms with van der Waals surface area (Å²) in [4.78, 5) is 12.2. The summed E-state index contributed by atoms with van der Waals surface area (Å²) in [5.74, 6) is 0.307. The molecule has 1 aromatic carbocycles. The lowest BCUT2D eigenvalue weighted by Gasteiger charge is -2.29. The number of halogens is 2. The van der Waals surface area contributed by atoms with Crippen LogP contribution in [0.3, 0.4) is 0 Å². The number of rotatable bonds is 3. The van der Waals surface area contributed by atoms with Gasteiger partial charge >= 0.3 is 0 Å². The van der Waals surface area contributed by atoms with Crippen LogP contribution in [-0.2, 0) is 0 Å². The third-order valence-electron chi connectivity index (χ3n) is 3.60. The molecule has 19 heavy (non-hydrogen) atoms. The van der Waals surface area contributed by atoms with Gasteiger partial charge in [-0.25, -0.2) is 0 Å². The van der Waals surface area contributed by atoms with E-state index in [9.17, 15) is 4.79 Å². The predicted molar refractivity (Wildman–Crippen MR) is 79.0 cm³/mol. The number of carbonyl (C=O) groups is 1. The van der Waals surface area contributed by atoms with Gasteiger partial charge < -0.3 is 10.6 Å². The predicted octanol–water partition coefficient (Wildman–Crippen LogP) is 3.11. The summed E-state index contributed by atoms with van der Waals surface area (Å²) >= 11 is 12.0. The molecular weight excluding hydrogens is 283 g/mol. The number of hydrogen-bond donors (Lipinski definition) is 2. The van der Waals surface area contributed by atoms with Gasteiger partial charge in [-0.15, -0.1) is 0 Å². The largest absolute Gasteiger partial charge is 0.349 e. The van der Waals surface area contributed by atoms with Gasteiger partial charge in [0.1, 0.15) is 0 Å². The van der Waals surface area contributed by atoms with Gasteiger partial charge in [-0.05, 0) is 50.9 Å². The molecule has 1 aliphatic rings. The number of piperidine rings is 1. The van der Waals surface area contributed by atoms with E-state index < -0.39 is 0 Å². The van der Waals surface area contributed by atoms with Crippen molar-refractivity contribution in [1.29, 1.82) is 0 Å². The van der Waals surface area contributed by atoms with Crippen molar-refractivity contribution in [2.45, 2.75) is 25.8 Å². The lowest BCUT2D eigenvalue weighted by atomic mass is 9.92. The second-order valence-electron chi connectivity index (χ2n) is 4.97. The van der Waals surface area contributed by atoms with Crippen molar-refractivity contribution in [3.8, 4) is 0 Å². The van der Waals surface area contributed by atoms with E-state index in [0.29, 0.717) is 21.5 Å². The highest BCUT2D eigenvalue weighted by atomic mass is 35.5. The molecule has 3 nitrogen and oxygen atoms in total. The van der Waals surface area contributed by atoms with Crippen LogP contribution in [0.25, 0.3) is 0 Å². The Labute approximate surface area is 123 Å². The molecule has 2 unspecified atom stereocenters. The molecule has 0 spiro atoms. The van der Waals surface area contributed by atoms with Gasteiger partial charge in [0.25, 0.3) is 5.91 Å². The summed E-state index contributed by atoms with van der Waals surface area (Å²) in [6.07, 6.45) is 2.29. The Balaban J connectivity index is 2.02. The van der Waals surface area contributed by atoms with Gasteiger partial charge in [-0.1, -0.05) is 29.3 Å². The highest BCUT2D eigenvalue weighted by Crippen LogP contribution is 2.25. The van der Waals surface area contributed by atoms with E-state index in [4.69, 9.17) is 23.2 Å². The van der Waals surface area contributed by atoms with E-state index in [-0.39, 0.29) is 11.9 Å². The Kier molecular flexibility index (Phi) is 5.08. The standard InChI is InChI=1S/C14H18Cl2N2O/c1-9(10-4-3-7-17-8-10)18-14(19)11-5-2-6-12(15)13(11)16/h2,5-6,9-10,17H,3-4,7-8H2,1H3,(H,18,19). The van der Waals surface area contributed by atoms with E-state index in [2.05, 4.69) is 10.6 Å². The van der Waals surface area contributed by atoms with Crippen LogP contribution < -0.4 is 10.6 Å². The van der Waals surface area contributed by atoms with Crippen LogP contribution in [0.1, 0.15) is 30.1 Å². The molecule has 0 aromatic heterocycles. The van der Waals surface area contributed by atoms with Gasteiger partial charge in [0, 0.05) is 6.04 Å². The van der Waals surface area contributed by atoms with Crippen LogP contribution in [-0.4, -0.2) is 25.0 Å². The summed E-state index contributed by atoms with van der Waals surface area (Å²) in [6.45, 7) is 4.05. The average Bonchev–Trinajstić information content (AvgIpc) is 2.42. The highest BCUT2D eigenvalue weighted by molar-refractivity contribution is 6.43. The third kappa shape index (κ3) is 3.62. The first-order chi connectivity index (χ1) is 9.09. The van der Waals surface area contributed by atoms with Crippen molar-refractivity contribution in [2.24, 2.45) is 5.92 Å². The van der Waals surface area contributed by atoms with Crippen LogP contribution >= 0.6 is 23.2 Å². The molecule has 2 rings (SSSR count). The zero-order chi connectivity index (χ0) is 13.8. The lowest BCUT2D eigenvalue weighted by Crippen LogP contribution is -2.44. The number of hydrogen-bond acceptors (Lipinski definition) is 2. The van der Waals surface area contributed by atoms with Crippen molar-refractivity contribution in [3.05, 3.63) is 33.8 Å². The summed E-state index contributed by atoms with van der Waals surface area (Å²) in [5, 5.41) is 7.08. The normalized spacial score (nSPS) is 20.9. The van der Waals surface area contributed by atoms with Gasteiger partial charge in [-0.2, -0.15) is 0 Å². The monoisotopic (exact) mass is 300 g/mol. The van der Waals surface area contributed by atoms with Crippen molar-refractivity contribution in [3.63, 3.8) is 0 Å². The maximum absolute atomic E-state index is 12.2. The van der Waals surface area contributed by atoms with Crippen molar-refractivity contribution in [1.82, 2.24) is 10.6 Å². The lowest BCUT2D eigenvalue weighted by molar-refractivity contribution is 0.0922. The third-order valence-corrected chi connectivity index (χ3v) is 4.42. The molecule has 5 heteroatoms. The van der Waals surface area contributed by atoms with Gasteiger partial charge in [0.15, 0.2) is 0 Å². The van der Waals surface area contributed by atoms with E-state index in [1.165, 1.54) is 0 Å². The Morgan fingerprint density at radius 3 is 2.95 bits per heavy atom. The fraction of sp³-hybridized carbons (Fsp3) is 0.500. The smallest absolute Gasteiger partial charge is 0.253 e. The van der Waals surface area contributed by atoms with E-state index in [0.717, 1.165) is 25.9 Å². The number of nitrogens with one attached hydrogen (secondary N) is 2. The van der Waals surface area contributed by atoms with E-state index >= 15 is 0 Å². The van der Waals surface area contributed by atoms with Crippen LogP contribution in [0.2, 0.25) is 10.0 Å². The molecule has 104 valence electrons. The Hall–Kier alpha value is -0.770. The van der Waals surface area contributed by atoms with Crippen molar-refractivity contribution >= 4 is 29.1 Å². The second-order valence-corrected chi connectivity index (χ2v) is 5.76. The van der Waals surface area contributed by atoms with Crippen LogP contribution in [0.15, 0.2) is 18.2 Å². The van der Waals surface area contributed by atoms with Gasteiger partial charge in [-0.3, -0.25) is 4.79 Å². The average molecular weight is 301 g/mol. The first kappa shape index (κ1) is 14.6. The molecule has 1 heterocycles. The first-order valence-corrected chi connectivity index (χ1v) is 7.30. The molecule has 0 radical (unpaired) electrons. The Morgan fingerprint density at radius 2 is 2.26 bits per heavy atom.